The van der Waals surface area contributed by atoms with Crippen molar-refractivity contribution in [3.63, 3.8) is 0 Å². The quantitative estimate of drug-likeness (QED) is 0.289. The van der Waals surface area contributed by atoms with E-state index < -0.39 is 35.6 Å². The lowest BCUT2D eigenvalue weighted by molar-refractivity contribution is -0.140. The molecular formula is C33H39N3O5. The molecule has 0 aliphatic carbocycles. The molecule has 3 amide bonds. The van der Waals surface area contributed by atoms with Crippen LogP contribution in [0, 0.1) is 6.92 Å². The molecule has 0 aliphatic heterocycles. The van der Waals surface area contributed by atoms with E-state index in [1.165, 1.54) is 4.90 Å². The van der Waals surface area contributed by atoms with E-state index in [0.29, 0.717) is 17.0 Å². The zero-order chi connectivity index (χ0) is 30.0. The number of carbonyl (C=O) groups is 3. The van der Waals surface area contributed by atoms with E-state index in [0.717, 1.165) is 11.1 Å². The van der Waals surface area contributed by atoms with Gasteiger partial charge in [-0.25, -0.2) is 4.79 Å². The summed E-state index contributed by atoms with van der Waals surface area (Å²) in [6, 6.07) is 21.7. The average molecular weight is 558 g/mol. The number of benzene rings is 3. The molecule has 8 nitrogen and oxygen atoms in total. The summed E-state index contributed by atoms with van der Waals surface area (Å²) in [6.45, 7) is 11.1. The van der Waals surface area contributed by atoms with Gasteiger partial charge in [-0.3, -0.25) is 9.59 Å². The fourth-order valence-electron chi connectivity index (χ4n) is 4.27. The third-order valence-electron chi connectivity index (χ3n) is 6.19. The lowest BCUT2D eigenvalue weighted by atomic mass is 9.99. The van der Waals surface area contributed by atoms with E-state index >= 15 is 0 Å². The zero-order valence-corrected chi connectivity index (χ0v) is 24.3. The molecule has 0 heterocycles. The minimum Gasteiger partial charge on any atom is -0.497 e. The van der Waals surface area contributed by atoms with E-state index in [2.05, 4.69) is 17.2 Å². The molecule has 0 saturated carbocycles. The second-order valence-corrected chi connectivity index (χ2v) is 10.7. The molecule has 0 aromatic heterocycles. The van der Waals surface area contributed by atoms with Crippen LogP contribution < -0.4 is 15.4 Å². The van der Waals surface area contributed by atoms with Gasteiger partial charge in [0.2, 0.25) is 5.91 Å². The molecule has 41 heavy (non-hydrogen) atoms. The van der Waals surface area contributed by atoms with Crippen molar-refractivity contribution in [1.82, 2.24) is 10.2 Å². The summed E-state index contributed by atoms with van der Waals surface area (Å²) < 4.78 is 10.7. The smallest absolute Gasteiger partial charge is 0.408 e. The predicted molar refractivity (Wildman–Crippen MR) is 161 cm³/mol. The van der Waals surface area contributed by atoms with E-state index in [1.54, 1.807) is 58.2 Å². The largest absolute Gasteiger partial charge is 0.497 e. The van der Waals surface area contributed by atoms with Crippen molar-refractivity contribution in [3.8, 4) is 5.75 Å². The lowest BCUT2D eigenvalue weighted by Crippen LogP contribution is -2.53. The number of aryl methyl sites for hydroxylation is 1. The summed E-state index contributed by atoms with van der Waals surface area (Å²) in [5, 5.41) is 5.67. The Bertz CT molecular complexity index is 1320. The summed E-state index contributed by atoms with van der Waals surface area (Å²) in [7, 11) is 1.57. The van der Waals surface area contributed by atoms with Gasteiger partial charge in [0, 0.05) is 18.7 Å². The molecule has 0 aliphatic rings. The van der Waals surface area contributed by atoms with E-state index in [9.17, 15) is 14.4 Å². The number of amides is 3. The van der Waals surface area contributed by atoms with E-state index in [4.69, 9.17) is 9.47 Å². The molecule has 3 aromatic carbocycles. The monoisotopic (exact) mass is 557 g/mol. The highest BCUT2D eigenvalue weighted by atomic mass is 16.6. The maximum Gasteiger partial charge on any atom is 0.408 e. The number of ether oxygens (including phenoxy) is 2. The summed E-state index contributed by atoms with van der Waals surface area (Å²) in [6.07, 6.45) is 1.04. The van der Waals surface area contributed by atoms with Crippen LogP contribution in [0.15, 0.2) is 91.5 Å². The molecule has 0 radical (unpaired) electrons. The van der Waals surface area contributed by atoms with Crippen LogP contribution in [0.1, 0.15) is 43.5 Å². The Kier molecular flexibility index (Phi) is 10.7. The first-order chi connectivity index (χ1) is 19.5. The van der Waals surface area contributed by atoms with Gasteiger partial charge >= 0.3 is 6.09 Å². The Morgan fingerprint density at radius 1 is 0.951 bits per heavy atom. The summed E-state index contributed by atoms with van der Waals surface area (Å²) >= 11 is 0. The molecule has 3 aromatic rings. The normalized spacial score (nSPS) is 12.4. The van der Waals surface area contributed by atoms with Gasteiger partial charge < -0.3 is 25.0 Å². The van der Waals surface area contributed by atoms with Gasteiger partial charge in [-0.15, -0.1) is 6.58 Å². The van der Waals surface area contributed by atoms with Crippen molar-refractivity contribution in [2.45, 2.75) is 51.8 Å². The molecule has 0 fully saturated rings. The number of carbonyl (C=O) groups excluding carboxylic acids is 3. The van der Waals surface area contributed by atoms with Gasteiger partial charge in [0.1, 0.15) is 23.4 Å². The molecule has 0 spiro atoms. The SMILES string of the molecule is C=CCN(C(=O)C(Cc1ccccc1)NC(=O)OC(C)(C)C)C(C(=O)Nc1ccc(OC)cc1)c1ccc(C)cc1. The predicted octanol–water partition coefficient (Wildman–Crippen LogP) is 5.83. The van der Waals surface area contributed by atoms with Crippen molar-refractivity contribution in [1.29, 1.82) is 0 Å². The Morgan fingerprint density at radius 2 is 1.59 bits per heavy atom. The summed E-state index contributed by atoms with van der Waals surface area (Å²) in [4.78, 5) is 42.4. The highest BCUT2D eigenvalue weighted by Gasteiger charge is 2.36. The van der Waals surface area contributed by atoms with Gasteiger partial charge in [-0.05, 0) is 63.1 Å². The third-order valence-corrected chi connectivity index (χ3v) is 6.19. The average Bonchev–Trinajstić information content (AvgIpc) is 2.93. The first kappa shape index (κ1) is 30.9. The number of rotatable bonds is 11. The number of nitrogens with one attached hydrogen (secondary N) is 2. The fraction of sp³-hybridized carbons (Fsp3) is 0.303. The van der Waals surface area contributed by atoms with Gasteiger partial charge in [-0.1, -0.05) is 66.2 Å². The number of hydrogen-bond acceptors (Lipinski definition) is 5. The lowest BCUT2D eigenvalue weighted by Gasteiger charge is -2.34. The molecule has 2 atom stereocenters. The maximum atomic E-state index is 14.3. The standard InChI is InChI=1S/C33H39N3O5/c1-7-21-36(31(38)28(22-24-11-9-8-10-12-24)35-32(39)41-33(3,4)5)29(25-15-13-23(2)14-16-25)30(37)34-26-17-19-27(40-6)20-18-26/h7-20,28-29H,1,21-22H2,2-6H3,(H,34,37)(H,35,39). The fourth-order valence-corrected chi connectivity index (χ4v) is 4.27. The maximum absolute atomic E-state index is 14.3. The van der Waals surface area contributed by atoms with Gasteiger partial charge in [-0.2, -0.15) is 0 Å². The minimum absolute atomic E-state index is 0.0642. The molecule has 0 saturated heterocycles. The second kappa shape index (κ2) is 14.2. The van der Waals surface area contributed by atoms with Crippen LogP contribution >= 0.6 is 0 Å². The van der Waals surface area contributed by atoms with Gasteiger partial charge in [0.05, 0.1) is 7.11 Å². The first-order valence-corrected chi connectivity index (χ1v) is 13.5. The van der Waals surface area contributed by atoms with E-state index in [-0.39, 0.29) is 13.0 Å². The van der Waals surface area contributed by atoms with Crippen molar-refractivity contribution in [2.75, 3.05) is 19.0 Å². The zero-order valence-electron chi connectivity index (χ0n) is 24.3. The van der Waals surface area contributed by atoms with Crippen LogP contribution in [0.25, 0.3) is 0 Å². The molecule has 216 valence electrons. The Hall–Kier alpha value is -4.59. The van der Waals surface area contributed by atoms with Crippen molar-refractivity contribution < 1.29 is 23.9 Å². The number of anilines is 1. The summed E-state index contributed by atoms with van der Waals surface area (Å²) in [5.41, 5.74) is 2.26. The molecule has 2 unspecified atom stereocenters. The summed E-state index contributed by atoms with van der Waals surface area (Å²) in [5.74, 6) is -0.210. The van der Waals surface area contributed by atoms with Crippen LogP contribution in [0.5, 0.6) is 5.75 Å². The second-order valence-electron chi connectivity index (χ2n) is 10.7. The Balaban J connectivity index is 2.01. The highest BCUT2D eigenvalue weighted by Crippen LogP contribution is 2.26. The van der Waals surface area contributed by atoms with E-state index in [1.807, 2.05) is 61.5 Å². The third kappa shape index (κ3) is 9.24. The number of nitrogens with zero attached hydrogens (tertiary/aromatic N) is 1. The minimum atomic E-state index is -1.01. The molecule has 2 N–H and O–H groups in total. The highest BCUT2D eigenvalue weighted by molar-refractivity contribution is 5.99. The van der Waals surface area contributed by atoms with Gasteiger partial charge in [0.25, 0.3) is 5.91 Å². The van der Waals surface area contributed by atoms with Crippen LogP contribution in [0.4, 0.5) is 10.5 Å². The van der Waals surface area contributed by atoms with Crippen LogP contribution in [-0.4, -0.2) is 48.1 Å². The number of alkyl carbamates (subject to hydrolysis) is 1. The van der Waals surface area contributed by atoms with Crippen LogP contribution in [0.3, 0.4) is 0 Å². The van der Waals surface area contributed by atoms with Crippen LogP contribution in [-0.2, 0) is 20.7 Å². The Morgan fingerprint density at radius 3 is 2.15 bits per heavy atom. The molecule has 0 bridgehead atoms. The van der Waals surface area contributed by atoms with Crippen molar-refractivity contribution >= 4 is 23.6 Å². The molecule has 8 heteroatoms. The topological polar surface area (TPSA) is 97.0 Å². The number of methoxy groups -OCH3 is 1. The Labute approximate surface area is 242 Å². The number of hydrogen-bond donors (Lipinski definition) is 2. The molecule has 3 rings (SSSR count). The van der Waals surface area contributed by atoms with Crippen molar-refractivity contribution in [2.24, 2.45) is 0 Å². The molecular weight excluding hydrogens is 518 g/mol. The first-order valence-electron chi connectivity index (χ1n) is 13.5. The van der Waals surface area contributed by atoms with Crippen LogP contribution in [0.2, 0.25) is 0 Å². The van der Waals surface area contributed by atoms with Gasteiger partial charge in [0.15, 0.2) is 0 Å². The van der Waals surface area contributed by atoms with Crippen molar-refractivity contribution in [3.05, 3.63) is 108 Å².